The molecule has 2 aliphatic heterocycles. The summed E-state index contributed by atoms with van der Waals surface area (Å²) < 4.78 is 8.19. The number of thiazole rings is 1. The molecule has 0 spiro atoms. The van der Waals surface area contributed by atoms with Crippen molar-refractivity contribution in [3.8, 4) is 22.5 Å². The lowest BCUT2D eigenvalue weighted by molar-refractivity contribution is -0.143. The maximum atomic E-state index is 14.7. The summed E-state index contributed by atoms with van der Waals surface area (Å²) in [6, 6.07) is 7.26. The van der Waals surface area contributed by atoms with E-state index in [1.54, 1.807) is 45.0 Å². The minimum absolute atomic E-state index is 0.0380. The third-order valence-electron chi connectivity index (χ3n) is 14.0. The second kappa shape index (κ2) is 20.0. The molecule has 67 heavy (non-hydrogen) atoms. The van der Waals surface area contributed by atoms with Gasteiger partial charge in [-0.3, -0.25) is 29.2 Å². The number of amides is 5. The average molecular weight is 936 g/mol. The Morgan fingerprint density at radius 1 is 1.09 bits per heavy atom. The number of rotatable bonds is 11. The van der Waals surface area contributed by atoms with Crippen LogP contribution >= 0.6 is 11.3 Å². The van der Waals surface area contributed by atoms with Gasteiger partial charge in [0.2, 0.25) is 11.8 Å². The molecule has 2 fully saturated rings. The minimum Gasteiger partial charge on any atom is -0.375 e. The summed E-state index contributed by atoms with van der Waals surface area (Å²) in [5.41, 5.74) is 10.3. The van der Waals surface area contributed by atoms with Gasteiger partial charge in [-0.2, -0.15) is 0 Å². The lowest BCUT2D eigenvalue weighted by atomic mass is 9.79. The molecule has 6 atom stereocenters. The molecule has 15 nitrogen and oxygen atoms in total. The van der Waals surface area contributed by atoms with E-state index in [4.69, 9.17) is 14.7 Å². The number of aryl methyl sites for hydroxylation is 1. The second-order valence-electron chi connectivity index (χ2n) is 19.9. The number of carbonyl (C=O) groups is 5. The van der Waals surface area contributed by atoms with Crippen molar-refractivity contribution < 1.29 is 28.7 Å². The minimum atomic E-state index is -1.05. The Labute approximate surface area is 399 Å². The molecule has 0 unspecified atom stereocenters. The predicted octanol–water partition coefficient (Wildman–Crippen LogP) is 7.19. The van der Waals surface area contributed by atoms with E-state index in [1.807, 2.05) is 38.4 Å². The first-order chi connectivity index (χ1) is 31.8. The van der Waals surface area contributed by atoms with Crippen molar-refractivity contribution in [1.82, 2.24) is 45.0 Å². The van der Waals surface area contributed by atoms with E-state index in [2.05, 4.69) is 66.9 Å². The number of urea groups is 1. The molecule has 3 aromatic heterocycles. The summed E-state index contributed by atoms with van der Waals surface area (Å²) in [7, 11) is 6.69. The molecule has 7 rings (SSSR count). The number of nitrogens with one attached hydrogen (secondary N) is 2. The molecule has 5 amide bonds. The zero-order chi connectivity index (χ0) is 48.6. The normalized spacial score (nSPS) is 21.6. The monoisotopic (exact) mass is 936 g/mol. The molecule has 6 bridgehead atoms. The highest BCUT2D eigenvalue weighted by Crippen LogP contribution is 2.43. The fraction of sp³-hybridized carbons (Fsp3) is 0.549. The van der Waals surface area contributed by atoms with E-state index in [0.29, 0.717) is 55.7 Å². The van der Waals surface area contributed by atoms with Gasteiger partial charge in [0.05, 0.1) is 46.3 Å². The Morgan fingerprint density at radius 3 is 2.51 bits per heavy atom. The lowest BCUT2D eigenvalue weighted by Crippen LogP contribution is -2.62. The summed E-state index contributed by atoms with van der Waals surface area (Å²) in [4.78, 5) is 84.6. The van der Waals surface area contributed by atoms with E-state index < -0.39 is 24.0 Å². The Bertz CT molecular complexity index is 2550. The molecule has 1 aliphatic carbocycles. The van der Waals surface area contributed by atoms with Crippen molar-refractivity contribution in [2.45, 2.75) is 136 Å². The number of ketones is 1. The SMILES string of the molecule is C=C(C)C(=O)N(C)[C@@H]1C[C@H]1N(C)C(=O)N(C)[C@H](C(=O)N[C@H]1Cc2nc(cs2)-c2ccc3c(c2)c(c(-c2cccnc2[C@H](C)OC)n3CC)CC(C)(C)CCC(=O)[C@@H]2CCCN(N2)C1=O)C(C)C. The van der Waals surface area contributed by atoms with Crippen LogP contribution in [0.1, 0.15) is 103 Å². The molecule has 16 heteroatoms. The number of pyridine rings is 1. The van der Waals surface area contributed by atoms with Gasteiger partial charge in [0.25, 0.3) is 5.91 Å². The van der Waals surface area contributed by atoms with Crippen LogP contribution in [0.4, 0.5) is 4.79 Å². The number of Topliss-reactive ketones (excluding diaryl/α,β-unsaturated/α-hetero) is 1. The first-order valence-corrected chi connectivity index (χ1v) is 24.6. The topological polar surface area (TPSA) is 162 Å². The Kier molecular flexibility index (Phi) is 14.8. The van der Waals surface area contributed by atoms with Crippen LogP contribution in [-0.2, 0) is 43.3 Å². The van der Waals surface area contributed by atoms with Crippen LogP contribution in [-0.4, -0.2) is 129 Å². The highest BCUT2D eigenvalue weighted by Gasteiger charge is 2.48. The van der Waals surface area contributed by atoms with Crippen molar-refractivity contribution in [1.29, 1.82) is 0 Å². The van der Waals surface area contributed by atoms with Crippen LogP contribution in [0.3, 0.4) is 0 Å². The first kappa shape index (κ1) is 49.5. The molecule has 0 radical (unpaired) electrons. The van der Waals surface area contributed by atoms with Crippen molar-refractivity contribution >= 4 is 51.8 Å². The Balaban J connectivity index is 1.24. The quantitative estimate of drug-likeness (QED) is 0.148. The zero-order valence-electron chi connectivity index (χ0n) is 41.1. The van der Waals surface area contributed by atoms with Gasteiger partial charge < -0.3 is 29.3 Å². The second-order valence-corrected chi connectivity index (χ2v) is 20.8. The summed E-state index contributed by atoms with van der Waals surface area (Å²) in [5.74, 6) is -1.31. The maximum Gasteiger partial charge on any atom is 0.320 e. The van der Waals surface area contributed by atoms with Crippen LogP contribution in [0, 0.1) is 11.3 Å². The van der Waals surface area contributed by atoms with E-state index in [9.17, 15) is 24.0 Å². The number of hydrazine groups is 1. The number of nitrogens with zero attached hydrogens (tertiary/aromatic N) is 7. The summed E-state index contributed by atoms with van der Waals surface area (Å²) in [5, 5.41) is 8.30. The van der Waals surface area contributed by atoms with Crippen molar-refractivity contribution in [3.05, 3.63) is 70.3 Å². The molecule has 5 heterocycles. The van der Waals surface area contributed by atoms with Gasteiger partial charge in [0.1, 0.15) is 12.1 Å². The number of likely N-dealkylation sites (N-methyl/N-ethyl adjacent to an activating group) is 3. The molecule has 4 aromatic rings. The molecule has 360 valence electrons. The van der Waals surface area contributed by atoms with Crippen molar-refractivity contribution in [2.75, 3.05) is 34.8 Å². The van der Waals surface area contributed by atoms with Gasteiger partial charge >= 0.3 is 6.03 Å². The number of ether oxygens (including phenoxy) is 1. The molecular formula is C51H69N9O6S. The maximum absolute atomic E-state index is 14.7. The van der Waals surface area contributed by atoms with Crippen LogP contribution in [0.15, 0.2) is 54.1 Å². The Hall–Kier alpha value is -5.45. The van der Waals surface area contributed by atoms with Crippen molar-refractivity contribution in [2.24, 2.45) is 11.3 Å². The third-order valence-corrected chi connectivity index (χ3v) is 14.9. The van der Waals surface area contributed by atoms with Gasteiger partial charge in [-0.1, -0.05) is 40.3 Å². The van der Waals surface area contributed by atoms with Crippen LogP contribution in [0.25, 0.3) is 33.4 Å². The van der Waals surface area contributed by atoms with Gasteiger partial charge in [-0.25, -0.2) is 15.2 Å². The number of carbonyl (C=O) groups excluding carboxylic acids is 5. The van der Waals surface area contributed by atoms with E-state index in [0.717, 1.165) is 45.7 Å². The largest absolute Gasteiger partial charge is 0.375 e. The number of hydrogen-bond acceptors (Lipinski definition) is 10. The molecular weight excluding hydrogens is 867 g/mol. The standard InChI is InChI=1S/C51H69N9O6S/c1-13-59-39-19-18-32-24-34(39)35(46(59)33-16-14-22-52-44(33)31(6)66-12)27-51(7,8)21-20-42(61)36-17-15-23-60(55-36)49(64)37(25-43-53-38(32)28-67-43)54-47(62)45(29(2)3)58(11)50(65)57(10)41-26-40(41)56(9)48(63)30(4)5/h14,16,18-19,22,24,28-29,31,36-37,40-41,45,55H,4,13,15,17,20-21,23,25-27H2,1-3,5-12H3,(H,54,62)/t31-,36-,37-,40+,41+,45-/m0/s1. The first-order valence-electron chi connectivity index (χ1n) is 23.7. The van der Waals surface area contributed by atoms with E-state index in [-0.39, 0.29) is 59.6 Å². The van der Waals surface area contributed by atoms with Gasteiger partial charge in [0.15, 0.2) is 5.78 Å². The number of methoxy groups -OCH3 is 1. The highest BCUT2D eigenvalue weighted by molar-refractivity contribution is 7.10. The lowest BCUT2D eigenvalue weighted by Gasteiger charge is -2.37. The number of aromatic nitrogens is 3. The van der Waals surface area contributed by atoms with Crippen LogP contribution < -0.4 is 10.7 Å². The van der Waals surface area contributed by atoms with Gasteiger partial charge in [-0.05, 0) is 94.0 Å². The van der Waals surface area contributed by atoms with E-state index in [1.165, 1.54) is 26.8 Å². The fourth-order valence-corrected chi connectivity index (χ4v) is 10.9. The van der Waals surface area contributed by atoms with Crippen LogP contribution in [0.2, 0.25) is 0 Å². The zero-order valence-corrected chi connectivity index (χ0v) is 42.0. The van der Waals surface area contributed by atoms with E-state index >= 15 is 0 Å². The van der Waals surface area contributed by atoms with Crippen molar-refractivity contribution in [3.63, 3.8) is 0 Å². The smallest absolute Gasteiger partial charge is 0.320 e. The number of hydrogen-bond donors (Lipinski definition) is 2. The molecule has 1 aromatic carbocycles. The number of fused-ring (bicyclic) bond motifs is 6. The fourth-order valence-electron chi connectivity index (χ4n) is 10.1. The Morgan fingerprint density at radius 2 is 1.82 bits per heavy atom. The average Bonchev–Trinajstić information content (AvgIpc) is 3.88. The predicted molar refractivity (Wildman–Crippen MR) is 262 cm³/mol. The molecule has 1 saturated carbocycles. The molecule has 2 N–H and O–H groups in total. The summed E-state index contributed by atoms with van der Waals surface area (Å²) in [6.07, 6.45) is 5.14. The molecule has 1 saturated heterocycles. The van der Waals surface area contributed by atoms with Gasteiger partial charge in [0, 0.05) is 93.4 Å². The highest BCUT2D eigenvalue weighted by atomic mass is 32.1. The molecule has 3 aliphatic rings. The van der Waals surface area contributed by atoms with Gasteiger partial charge in [-0.15, -0.1) is 11.3 Å². The third kappa shape index (κ3) is 10.2. The number of benzene rings is 1. The summed E-state index contributed by atoms with van der Waals surface area (Å²) in [6.45, 7) is 18.9. The summed E-state index contributed by atoms with van der Waals surface area (Å²) >= 11 is 1.42. The van der Waals surface area contributed by atoms with Crippen LogP contribution in [0.5, 0.6) is 0 Å².